The van der Waals surface area contributed by atoms with Crippen LogP contribution in [0.4, 0.5) is 0 Å². The monoisotopic (exact) mass is 438 g/mol. The minimum atomic E-state index is -2.81. The SMILES string of the molecule is c1ccc([Si]2(c3ccccc3)c3nc4ccccc4nc3-c3nc4ccccc4nc32)cc1. The average Bonchev–Trinajstić information content (AvgIpc) is 3.16. The summed E-state index contributed by atoms with van der Waals surface area (Å²) in [6.45, 7) is 0. The van der Waals surface area contributed by atoms with Crippen LogP contribution in [0.5, 0.6) is 0 Å². The Balaban J connectivity index is 1.72. The summed E-state index contributed by atoms with van der Waals surface area (Å²) in [5.41, 5.74) is 5.28. The third kappa shape index (κ3) is 2.51. The molecule has 0 amide bonds. The van der Waals surface area contributed by atoms with Gasteiger partial charge in [0.2, 0.25) is 8.07 Å². The largest absolute Gasteiger partial charge is 0.252 e. The van der Waals surface area contributed by atoms with Gasteiger partial charge in [0.05, 0.1) is 32.7 Å². The first-order valence-electron chi connectivity index (χ1n) is 11.0. The maximum Gasteiger partial charge on any atom is 0.229 e. The molecule has 5 heteroatoms. The molecule has 0 bridgehead atoms. The zero-order valence-electron chi connectivity index (χ0n) is 17.7. The van der Waals surface area contributed by atoms with Crippen LogP contribution in [0, 0.1) is 0 Å². The van der Waals surface area contributed by atoms with Gasteiger partial charge in [0, 0.05) is 0 Å². The van der Waals surface area contributed by atoms with Crippen LogP contribution < -0.4 is 21.0 Å². The number of rotatable bonds is 2. The van der Waals surface area contributed by atoms with Crippen molar-refractivity contribution in [3.63, 3.8) is 0 Å². The zero-order chi connectivity index (χ0) is 21.8. The van der Waals surface area contributed by atoms with Crippen LogP contribution in [0.15, 0.2) is 109 Å². The summed E-state index contributed by atoms with van der Waals surface area (Å²) in [5, 5.41) is 4.52. The fourth-order valence-electron chi connectivity index (χ4n) is 5.06. The maximum atomic E-state index is 5.29. The van der Waals surface area contributed by atoms with Crippen LogP contribution in [0.1, 0.15) is 0 Å². The van der Waals surface area contributed by atoms with Crippen molar-refractivity contribution in [3.05, 3.63) is 109 Å². The average molecular weight is 439 g/mol. The molecule has 0 aliphatic carbocycles. The van der Waals surface area contributed by atoms with Crippen molar-refractivity contribution >= 4 is 51.1 Å². The molecule has 1 aliphatic rings. The van der Waals surface area contributed by atoms with Gasteiger partial charge < -0.3 is 0 Å². The van der Waals surface area contributed by atoms with E-state index < -0.39 is 8.07 Å². The molecule has 4 aromatic carbocycles. The molecular formula is C28H18N4Si. The first-order valence-corrected chi connectivity index (χ1v) is 13.0. The molecule has 0 N–H and O–H groups in total. The second-order valence-electron chi connectivity index (χ2n) is 8.30. The normalized spacial score (nSPS) is 13.7. The Kier molecular flexibility index (Phi) is 3.83. The molecule has 0 atom stereocenters. The molecule has 4 nitrogen and oxygen atoms in total. The van der Waals surface area contributed by atoms with E-state index in [9.17, 15) is 0 Å². The Bertz CT molecular complexity index is 1540. The Morgan fingerprint density at radius 3 is 1.09 bits per heavy atom. The second-order valence-corrected chi connectivity index (χ2v) is 11.9. The molecule has 154 valence electrons. The molecule has 0 saturated heterocycles. The van der Waals surface area contributed by atoms with E-state index in [1.54, 1.807) is 0 Å². The number of aromatic nitrogens is 4. The Labute approximate surface area is 191 Å². The highest BCUT2D eigenvalue weighted by atomic mass is 28.3. The van der Waals surface area contributed by atoms with Crippen LogP contribution in [-0.2, 0) is 0 Å². The summed E-state index contributed by atoms with van der Waals surface area (Å²) in [6.07, 6.45) is 0. The number of fused-ring (bicyclic) bond motifs is 5. The lowest BCUT2D eigenvalue weighted by atomic mass is 10.2. The fraction of sp³-hybridized carbons (Fsp3) is 0. The van der Waals surface area contributed by atoms with Crippen molar-refractivity contribution in [1.82, 2.24) is 19.9 Å². The lowest BCUT2D eigenvalue weighted by Gasteiger charge is -2.28. The van der Waals surface area contributed by atoms with E-state index in [2.05, 4.69) is 60.7 Å². The molecule has 3 heterocycles. The minimum absolute atomic E-state index is 0.862. The van der Waals surface area contributed by atoms with E-state index >= 15 is 0 Å². The first-order chi connectivity index (χ1) is 16.4. The summed E-state index contributed by atoms with van der Waals surface area (Å²) >= 11 is 0. The van der Waals surface area contributed by atoms with Gasteiger partial charge in [0.1, 0.15) is 11.4 Å². The van der Waals surface area contributed by atoms with Gasteiger partial charge in [0.25, 0.3) is 0 Å². The standard InChI is InChI=1S/C28H18N4Si/c1-3-11-19(12-4-1)33(20-13-5-2-6-14-20)27-25(29-21-15-7-9-17-23(21)31-27)26-28(33)32-24-18-10-8-16-22(24)30-26/h1-18H. The number of benzene rings is 4. The van der Waals surface area contributed by atoms with E-state index in [0.29, 0.717) is 0 Å². The molecule has 0 fully saturated rings. The van der Waals surface area contributed by atoms with Crippen molar-refractivity contribution in [1.29, 1.82) is 0 Å². The smallest absolute Gasteiger partial charge is 0.229 e. The van der Waals surface area contributed by atoms with Crippen molar-refractivity contribution in [2.24, 2.45) is 0 Å². The summed E-state index contributed by atoms with van der Waals surface area (Å²) < 4.78 is 0. The van der Waals surface area contributed by atoms with E-state index in [1.165, 1.54) is 10.4 Å². The molecule has 2 aromatic heterocycles. The summed E-state index contributed by atoms with van der Waals surface area (Å²) in [5.74, 6) is 0. The quantitative estimate of drug-likeness (QED) is 0.390. The van der Waals surface area contributed by atoms with Gasteiger partial charge in [-0.25, -0.2) is 9.97 Å². The third-order valence-electron chi connectivity index (χ3n) is 6.49. The summed E-state index contributed by atoms with van der Waals surface area (Å²) in [6, 6.07) is 37.6. The summed E-state index contributed by atoms with van der Waals surface area (Å²) in [7, 11) is -2.81. The van der Waals surface area contributed by atoms with Gasteiger partial charge in [-0.15, -0.1) is 0 Å². The first kappa shape index (κ1) is 18.4. The predicted molar refractivity (Wildman–Crippen MR) is 135 cm³/mol. The van der Waals surface area contributed by atoms with Gasteiger partial charge in [0.15, 0.2) is 0 Å². The molecule has 0 unspecified atom stereocenters. The number of nitrogens with zero attached hydrogens (tertiary/aromatic N) is 4. The Morgan fingerprint density at radius 1 is 0.364 bits per heavy atom. The van der Waals surface area contributed by atoms with Crippen LogP contribution in [0.2, 0.25) is 0 Å². The van der Waals surface area contributed by atoms with Gasteiger partial charge in [-0.1, -0.05) is 84.9 Å². The Morgan fingerprint density at radius 2 is 0.697 bits per heavy atom. The lowest BCUT2D eigenvalue weighted by Crippen LogP contribution is -2.74. The zero-order valence-corrected chi connectivity index (χ0v) is 18.7. The van der Waals surface area contributed by atoms with Crippen LogP contribution >= 0.6 is 0 Å². The molecule has 33 heavy (non-hydrogen) atoms. The summed E-state index contributed by atoms with van der Waals surface area (Å²) in [4.78, 5) is 20.8. The van der Waals surface area contributed by atoms with Crippen LogP contribution in [0.3, 0.4) is 0 Å². The van der Waals surface area contributed by atoms with Gasteiger partial charge >= 0.3 is 0 Å². The highest BCUT2D eigenvalue weighted by Crippen LogP contribution is 2.27. The number of hydrogen-bond donors (Lipinski definition) is 0. The van der Waals surface area contributed by atoms with Crippen molar-refractivity contribution < 1.29 is 0 Å². The van der Waals surface area contributed by atoms with E-state index in [-0.39, 0.29) is 0 Å². The van der Waals surface area contributed by atoms with E-state index in [1.807, 2.05) is 48.5 Å². The van der Waals surface area contributed by atoms with Crippen LogP contribution in [-0.4, -0.2) is 28.0 Å². The lowest BCUT2D eigenvalue weighted by molar-refractivity contribution is 1.29. The highest BCUT2D eigenvalue weighted by molar-refractivity contribution is 7.21. The number of para-hydroxylation sites is 4. The van der Waals surface area contributed by atoms with Crippen LogP contribution in [0.25, 0.3) is 33.5 Å². The topological polar surface area (TPSA) is 51.6 Å². The third-order valence-corrected chi connectivity index (χ3v) is 11.0. The van der Waals surface area contributed by atoms with Crippen molar-refractivity contribution in [2.75, 3.05) is 0 Å². The highest BCUT2D eigenvalue weighted by Gasteiger charge is 2.53. The predicted octanol–water partition coefficient (Wildman–Crippen LogP) is 2.93. The van der Waals surface area contributed by atoms with Gasteiger partial charge in [-0.3, -0.25) is 9.97 Å². The van der Waals surface area contributed by atoms with E-state index in [0.717, 1.165) is 44.1 Å². The van der Waals surface area contributed by atoms with Gasteiger partial charge in [-0.05, 0) is 34.6 Å². The molecule has 0 saturated carbocycles. The molecular weight excluding hydrogens is 420 g/mol. The molecule has 1 aliphatic heterocycles. The maximum absolute atomic E-state index is 5.29. The van der Waals surface area contributed by atoms with Gasteiger partial charge in [-0.2, -0.15) is 0 Å². The van der Waals surface area contributed by atoms with E-state index in [4.69, 9.17) is 19.9 Å². The fourth-order valence-corrected chi connectivity index (χ4v) is 9.73. The number of hydrogen-bond acceptors (Lipinski definition) is 4. The molecule has 6 aromatic rings. The minimum Gasteiger partial charge on any atom is -0.252 e. The van der Waals surface area contributed by atoms with Crippen molar-refractivity contribution in [3.8, 4) is 11.4 Å². The second kappa shape index (κ2) is 6.89. The molecule has 0 spiro atoms. The van der Waals surface area contributed by atoms with Crippen molar-refractivity contribution in [2.45, 2.75) is 0 Å². The molecule has 7 rings (SSSR count). The Hall–Kier alpha value is -4.22. The molecule has 0 radical (unpaired) electrons.